The predicted octanol–water partition coefficient (Wildman–Crippen LogP) is 5.04. The van der Waals surface area contributed by atoms with E-state index in [9.17, 15) is 9.90 Å². The van der Waals surface area contributed by atoms with Crippen LogP contribution in [0.4, 0.5) is 5.69 Å². The van der Waals surface area contributed by atoms with Gasteiger partial charge in [0.25, 0.3) is 0 Å². The van der Waals surface area contributed by atoms with Gasteiger partial charge in [-0.05, 0) is 64.2 Å². The number of Topliss-reactive ketones (excluding diaryl/α,β-unsaturated/α-hetero) is 1. The minimum atomic E-state index is -0.156. The van der Waals surface area contributed by atoms with Crippen molar-refractivity contribution in [3.8, 4) is 17.0 Å². The Labute approximate surface area is 191 Å². The van der Waals surface area contributed by atoms with Crippen LogP contribution in [0.3, 0.4) is 0 Å². The molecular formula is C23H24Cl2N4O2. The molecule has 3 heterocycles. The van der Waals surface area contributed by atoms with Gasteiger partial charge in [-0.15, -0.1) is 0 Å². The Morgan fingerprint density at radius 2 is 1.84 bits per heavy atom. The number of fused-ring (bicyclic) bond motifs is 1. The lowest BCUT2D eigenvalue weighted by Crippen LogP contribution is -2.42. The van der Waals surface area contributed by atoms with Crippen molar-refractivity contribution in [3.05, 3.63) is 46.1 Å². The van der Waals surface area contributed by atoms with Gasteiger partial charge in [0.05, 0.1) is 32.5 Å². The minimum Gasteiger partial charge on any atom is -0.505 e. The van der Waals surface area contributed by atoms with Crippen LogP contribution in [0.5, 0.6) is 5.75 Å². The van der Waals surface area contributed by atoms with Gasteiger partial charge in [-0.25, -0.2) is 4.98 Å². The molecule has 0 bridgehead atoms. The summed E-state index contributed by atoms with van der Waals surface area (Å²) in [5, 5.41) is 10.2. The van der Waals surface area contributed by atoms with Crippen LogP contribution in [-0.4, -0.2) is 59.0 Å². The molecule has 1 fully saturated rings. The van der Waals surface area contributed by atoms with E-state index in [4.69, 9.17) is 28.2 Å². The molecule has 0 amide bonds. The number of aromatic hydroxyl groups is 1. The first kappa shape index (κ1) is 21.8. The monoisotopic (exact) mass is 458 g/mol. The lowest BCUT2D eigenvalue weighted by atomic mass is 10.0. The summed E-state index contributed by atoms with van der Waals surface area (Å²) in [4.78, 5) is 26.3. The van der Waals surface area contributed by atoms with Crippen molar-refractivity contribution in [1.82, 2.24) is 14.9 Å². The molecule has 1 aliphatic rings. The van der Waals surface area contributed by atoms with E-state index in [0.717, 1.165) is 31.6 Å². The van der Waals surface area contributed by atoms with E-state index >= 15 is 0 Å². The van der Waals surface area contributed by atoms with E-state index in [2.05, 4.69) is 21.8 Å². The highest BCUT2D eigenvalue weighted by Crippen LogP contribution is 2.37. The third-order valence-corrected chi connectivity index (χ3v) is 6.54. The second kappa shape index (κ2) is 8.61. The van der Waals surface area contributed by atoms with Gasteiger partial charge in [0, 0.05) is 24.8 Å². The standard InChI is InChI=1S/C23H24Cl2N4O2/c1-13(30)16-12-26-20-5-4-19(14-10-17(24)23(31)18(25)11-14)27-21(20)22(16)29(3)15-6-8-28(2)9-7-15/h4-5,10-12,15,31H,6-9H2,1-3H3. The smallest absolute Gasteiger partial charge is 0.163 e. The van der Waals surface area contributed by atoms with Crippen molar-refractivity contribution in [2.24, 2.45) is 0 Å². The van der Waals surface area contributed by atoms with Gasteiger partial charge in [-0.2, -0.15) is 0 Å². The molecule has 1 aliphatic heterocycles. The third kappa shape index (κ3) is 4.20. The van der Waals surface area contributed by atoms with Crippen LogP contribution in [-0.2, 0) is 0 Å². The predicted molar refractivity (Wildman–Crippen MR) is 126 cm³/mol. The van der Waals surface area contributed by atoms with Gasteiger partial charge in [0.15, 0.2) is 11.5 Å². The molecule has 0 radical (unpaired) electrons. The molecule has 0 saturated carbocycles. The fraction of sp³-hybridized carbons (Fsp3) is 0.348. The molecular weight excluding hydrogens is 435 g/mol. The van der Waals surface area contributed by atoms with E-state index in [1.54, 1.807) is 25.3 Å². The summed E-state index contributed by atoms with van der Waals surface area (Å²) < 4.78 is 0. The minimum absolute atomic E-state index is 0.0490. The number of hydrogen-bond donors (Lipinski definition) is 1. The highest BCUT2D eigenvalue weighted by atomic mass is 35.5. The molecule has 4 rings (SSSR count). The van der Waals surface area contributed by atoms with Crippen LogP contribution in [0, 0.1) is 0 Å². The van der Waals surface area contributed by atoms with Crippen LogP contribution in [0.2, 0.25) is 10.0 Å². The second-order valence-corrected chi connectivity index (χ2v) is 8.89. The number of piperidine rings is 1. The van der Waals surface area contributed by atoms with Crippen LogP contribution in [0.1, 0.15) is 30.1 Å². The first-order chi connectivity index (χ1) is 14.8. The van der Waals surface area contributed by atoms with Gasteiger partial charge >= 0.3 is 0 Å². The molecule has 2 aromatic heterocycles. The highest BCUT2D eigenvalue weighted by Gasteiger charge is 2.26. The molecule has 0 atom stereocenters. The van der Waals surface area contributed by atoms with E-state index in [-0.39, 0.29) is 21.6 Å². The second-order valence-electron chi connectivity index (χ2n) is 8.07. The Hall–Kier alpha value is -2.41. The molecule has 6 nitrogen and oxygen atoms in total. The van der Waals surface area contributed by atoms with Crippen molar-refractivity contribution in [2.75, 3.05) is 32.1 Å². The van der Waals surface area contributed by atoms with Gasteiger partial charge in [0.2, 0.25) is 0 Å². The fourth-order valence-electron chi connectivity index (χ4n) is 4.11. The molecule has 0 unspecified atom stereocenters. The first-order valence-corrected chi connectivity index (χ1v) is 10.9. The van der Waals surface area contributed by atoms with Gasteiger partial charge < -0.3 is 14.9 Å². The van der Waals surface area contributed by atoms with Crippen LogP contribution < -0.4 is 4.90 Å². The quantitative estimate of drug-likeness (QED) is 0.552. The largest absolute Gasteiger partial charge is 0.505 e. The number of carbonyl (C=O) groups excluding carboxylic acids is 1. The van der Waals surface area contributed by atoms with Gasteiger partial charge in [-0.1, -0.05) is 23.2 Å². The number of likely N-dealkylation sites (tertiary alicyclic amines) is 1. The zero-order valence-electron chi connectivity index (χ0n) is 17.7. The number of pyridine rings is 2. The molecule has 162 valence electrons. The number of benzene rings is 1. The maximum atomic E-state index is 12.5. The van der Waals surface area contributed by atoms with Crippen molar-refractivity contribution in [1.29, 1.82) is 0 Å². The SMILES string of the molecule is CC(=O)c1cnc2ccc(-c3cc(Cl)c(O)c(Cl)c3)nc2c1N(C)C1CCN(C)CC1. The zero-order valence-corrected chi connectivity index (χ0v) is 19.2. The summed E-state index contributed by atoms with van der Waals surface area (Å²) in [6.07, 6.45) is 3.66. The summed E-state index contributed by atoms with van der Waals surface area (Å²) >= 11 is 12.2. The Balaban J connectivity index is 1.87. The van der Waals surface area contributed by atoms with Gasteiger partial charge in [0.1, 0.15) is 5.52 Å². The summed E-state index contributed by atoms with van der Waals surface area (Å²) in [6, 6.07) is 7.27. The Morgan fingerprint density at radius 3 is 2.45 bits per heavy atom. The van der Waals surface area contributed by atoms with Gasteiger partial charge in [-0.3, -0.25) is 9.78 Å². The number of anilines is 1. The number of carbonyl (C=O) groups is 1. The lowest BCUT2D eigenvalue weighted by Gasteiger charge is -2.37. The van der Waals surface area contributed by atoms with E-state index < -0.39 is 0 Å². The molecule has 0 aliphatic carbocycles. The number of nitrogens with zero attached hydrogens (tertiary/aromatic N) is 4. The molecule has 0 spiro atoms. The summed E-state index contributed by atoms with van der Waals surface area (Å²) in [5.41, 5.74) is 4.03. The topological polar surface area (TPSA) is 69.6 Å². The van der Waals surface area contributed by atoms with Crippen LogP contribution >= 0.6 is 23.2 Å². The number of phenolic OH excluding ortho intramolecular Hbond substituents is 1. The normalized spacial score (nSPS) is 15.4. The average Bonchev–Trinajstić information content (AvgIpc) is 2.75. The molecule has 3 aromatic rings. The summed E-state index contributed by atoms with van der Waals surface area (Å²) in [5.74, 6) is -0.205. The maximum absolute atomic E-state index is 12.5. The van der Waals surface area contributed by atoms with E-state index in [1.165, 1.54) is 0 Å². The summed E-state index contributed by atoms with van der Waals surface area (Å²) in [6.45, 7) is 3.57. The van der Waals surface area contributed by atoms with Crippen molar-refractivity contribution in [2.45, 2.75) is 25.8 Å². The van der Waals surface area contributed by atoms with Crippen LogP contribution in [0.15, 0.2) is 30.5 Å². The van der Waals surface area contributed by atoms with Crippen molar-refractivity contribution >= 4 is 45.7 Å². The number of hydrogen-bond acceptors (Lipinski definition) is 6. The molecule has 1 saturated heterocycles. The molecule has 1 N–H and O–H groups in total. The van der Waals surface area contributed by atoms with E-state index in [0.29, 0.717) is 33.9 Å². The number of rotatable bonds is 4. The third-order valence-electron chi connectivity index (χ3n) is 5.97. The number of aromatic nitrogens is 2. The van der Waals surface area contributed by atoms with Crippen molar-refractivity contribution in [3.63, 3.8) is 0 Å². The fourth-order valence-corrected chi connectivity index (χ4v) is 4.59. The lowest BCUT2D eigenvalue weighted by molar-refractivity contribution is 0.101. The molecule has 31 heavy (non-hydrogen) atoms. The highest BCUT2D eigenvalue weighted by molar-refractivity contribution is 6.37. The number of phenols is 1. The number of ketones is 1. The Morgan fingerprint density at radius 1 is 1.19 bits per heavy atom. The Bertz CT molecular complexity index is 1140. The average molecular weight is 459 g/mol. The summed E-state index contributed by atoms with van der Waals surface area (Å²) in [7, 11) is 4.15. The number of halogens is 2. The molecule has 1 aromatic carbocycles. The molecule has 8 heteroatoms. The first-order valence-electron chi connectivity index (χ1n) is 10.2. The maximum Gasteiger partial charge on any atom is 0.163 e. The van der Waals surface area contributed by atoms with Crippen molar-refractivity contribution < 1.29 is 9.90 Å². The van der Waals surface area contributed by atoms with Crippen LogP contribution in [0.25, 0.3) is 22.3 Å². The Kier molecular flexibility index (Phi) is 6.06. The van der Waals surface area contributed by atoms with E-state index in [1.807, 2.05) is 19.2 Å². The zero-order chi connectivity index (χ0) is 22.3.